The van der Waals surface area contributed by atoms with Gasteiger partial charge in [0.1, 0.15) is 17.8 Å². The van der Waals surface area contributed by atoms with Crippen LogP contribution in [0.1, 0.15) is 21.7 Å². The van der Waals surface area contributed by atoms with E-state index in [-0.39, 0.29) is 17.2 Å². The fourth-order valence-corrected chi connectivity index (χ4v) is 2.59. The van der Waals surface area contributed by atoms with Crippen LogP contribution in [0.4, 0.5) is 5.82 Å². The zero-order valence-corrected chi connectivity index (χ0v) is 13.1. The third-order valence-corrected chi connectivity index (χ3v) is 4.07. The standard InChI is InChI=1S/C15H18N6O2/c1-10-11(2)18-9-19-14(10)20-3-5-21(6-4-20)15(23)12-7-17-13(22)8-16-12/h7-9H,3-6H2,1-2H3,(H,17,22). The molecule has 1 saturated heterocycles. The van der Waals surface area contributed by atoms with Crippen molar-refractivity contribution in [2.45, 2.75) is 13.8 Å². The molecule has 2 aromatic rings. The number of aryl methyl sites for hydroxylation is 1. The number of rotatable bonds is 2. The van der Waals surface area contributed by atoms with E-state index in [0.29, 0.717) is 26.2 Å². The number of aromatic amines is 1. The molecule has 8 heteroatoms. The largest absolute Gasteiger partial charge is 0.353 e. The minimum Gasteiger partial charge on any atom is -0.353 e. The van der Waals surface area contributed by atoms with Crippen LogP contribution in [0.5, 0.6) is 0 Å². The van der Waals surface area contributed by atoms with Crippen LogP contribution in [0.25, 0.3) is 0 Å². The van der Waals surface area contributed by atoms with Gasteiger partial charge in [0, 0.05) is 43.6 Å². The van der Waals surface area contributed by atoms with Crippen LogP contribution < -0.4 is 10.5 Å². The van der Waals surface area contributed by atoms with E-state index in [2.05, 4.69) is 24.8 Å². The number of amides is 1. The Bertz CT molecular complexity index is 759. The van der Waals surface area contributed by atoms with E-state index in [1.807, 2.05) is 13.8 Å². The molecule has 3 rings (SSSR count). The van der Waals surface area contributed by atoms with E-state index in [4.69, 9.17) is 0 Å². The fraction of sp³-hybridized carbons (Fsp3) is 0.400. The molecule has 0 saturated carbocycles. The van der Waals surface area contributed by atoms with E-state index in [0.717, 1.165) is 23.3 Å². The van der Waals surface area contributed by atoms with E-state index in [9.17, 15) is 9.59 Å². The van der Waals surface area contributed by atoms with Gasteiger partial charge in [-0.3, -0.25) is 9.59 Å². The Morgan fingerprint density at radius 2 is 1.87 bits per heavy atom. The molecule has 2 aromatic heterocycles. The van der Waals surface area contributed by atoms with Gasteiger partial charge in [0.15, 0.2) is 0 Å². The first-order valence-corrected chi connectivity index (χ1v) is 7.43. The zero-order valence-electron chi connectivity index (χ0n) is 13.1. The van der Waals surface area contributed by atoms with Gasteiger partial charge in [-0.1, -0.05) is 0 Å². The number of anilines is 1. The molecule has 1 aliphatic rings. The molecular weight excluding hydrogens is 296 g/mol. The summed E-state index contributed by atoms with van der Waals surface area (Å²) in [6.45, 7) is 6.54. The molecule has 23 heavy (non-hydrogen) atoms. The van der Waals surface area contributed by atoms with E-state index < -0.39 is 0 Å². The van der Waals surface area contributed by atoms with Crippen molar-refractivity contribution in [2.75, 3.05) is 31.1 Å². The zero-order chi connectivity index (χ0) is 16.4. The number of hydrogen-bond donors (Lipinski definition) is 1. The lowest BCUT2D eigenvalue weighted by molar-refractivity contribution is 0.0740. The molecule has 120 valence electrons. The molecule has 1 aliphatic heterocycles. The number of nitrogens with one attached hydrogen (secondary N) is 1. The second-order valence-corrected chi connectivity index (χ2v) is 5.48. The highest BCUT2D eigenvalue weighted by Crippen LogP contribution is 2.20. The van der Waals surface area contributed by atoms with Gasteiger partial charge in [0.25, 0.3) is 11.5 Å². The Labute approximate surface area is 133 Å². The molecule has 0 aromatic carbocycles. The van der Waals surface area contributed by atoms with Gasteiger partial charge >= 0.3 is 0 Å². The molecule has 1 amide bonds. The molecular formula is C15H18N6O2. The number of carbonyl (C=O) groups excluding carboxylic acids is 1. The normalized spacial score (nSPS) is 14.9. The van der Waals surface area contributed by atoms with Gasteiger partial charge in [0.05, 0.1) is 6.20 Å². The number of nitrogens with zero attached hydrogens (tertiary/aromatic N) is 5. The maximum atomic E-state index is 12.4. The molecule has 0 aliphatic carbocycles. The molecule has 0 unspecified atom stereocenters. The highest BCUT2D eigenvalue weighted by Gasteiger charge is 2.24. The predicted molar refractivity (Wildman–Crippen MR) is 84.5 cm³/mol. The third-order valence-electron chi connectivity index (χ3n) is 4.07. The van der Waals surface area contributed by atoms with E-state index in [1.54, 1.807) is 11.2 Å². The smallest absolute Gasteiger partial charge is 0.274 e. The van der Waals surface area contributed by atoms with E-state index in [1.165, 1.54) is 6.20 Å². The molecule has 0 bridgehead atoms. The first-order valence-electron chi connectivity index (χ1n) is 7.43. The second-order valence-electron chi connectivity index (χ2n) is 5.48. The first-order chi connectivity index (χ1) is 11.1. The summed E-state index contributed by atoms with van der Waals surface area (Å²) in [5, 5.41) is 0. The summed E-state index contributed by atoms with van der Waals surface area (Å²) >= 11 is 0. The topological polar surface area (TPSA) is 95.1 Å². The molecule has 1 fully saturated rings. The Morgan fingerprint density at radius 3 is 2.52 bits per heavy atom. The number of carbonyl (C=O) groups is 1. The Morgan fingerprint density at radius 1 is 1.13 bits per heavy atom. The fourth-order valence-electron chi connectivity index (χ4n) is 2.59. The number of aromatic nitrogens is 4. The van der Waals surface area contributed by atoms with Crippen molar-refractivity contribution in [1.82, 2.24) is 24.8 Å². The predicted octanol–water partition coefficient (Wildman–Crippen LogP) is 0.139. The molecule has 0 atom stereocenters. The number of hydrogen-bond acceptors (Lipinski definition) is 6. The lowest BCUT2D eigenvalue weighted by atomic mass is 10.2. The summed E-state index contributed by atoms with van der Waals surface area (Å²) < 4.78 is 0. The van der Waals surface area contributed by atoms with Crippen LogP contribution in [0.3, 0.4) is 0 Å². The van der Waals surface area contributed by atoms with Crippen molar-refractivity contribution in [1.29, 1.82) is 0 Å². The maximum Gasteiger partial charge on any atom is 0.274 e. The summed E-state index contributed by atoms with van der Waals surface area (Å²) in [5.41, 5.74) is 1.97. The van der Waals surface area contributed by atoms with Crippen LogP contribution >= 0.6 is 0 Å². The SMILES string of the molecule is Cc1ncnc(N2CCN(C(=O)c3c[nH]c(=O)cn3)CC2)c1C. The molecule has 1 N–H and O–H groups in total. The summed E-state index contributed by atoms with van der Waals surface area (Å²) in [5.74, 6) is 0.753. The van der Waals surface area contributed by atoms with Crippen molar-refractivity contribution in [3.63, 3.8) is 0 Å². The molecule has 3 heterocycles. The minimum atomic E-state index is -0.319. The molecule has 8 nitrogen and oxygen atoms in total. The summed E-state index contributed by atoms with van der Waals surface area (Å²) in [4.78, 5) is 42.2. The average molecular weight is 314 g/mol. The van der Waals surface area contributed by atoms with E-state index >= 15 is 0 Å². The van der Waals surface area contributed by atoms with Crippen molar-refractivity contribution >= 4 is 11.7 Å². The summed E-state index contributed by atoms with van der Waals surface area (Å²) in [7, 11) is 0. The van der Waals surface area contributed by atoms with Crippen LogP contribution in [0, 0.1) is 13.8 Å². The quantitative estimate of drug-likeness (QED) is 0.847. The van der Waals surface area contributed by atoms with Crippen LogP contribution in [-0.4, -0.2) is 56.9 Å². The monoisotopic (exact) mass is 314 g/mol. The van der Waals surface area contributed by atoms with Crippen molar-refractivity contribution in [2.24, 2.45) is 0 Å². The van der Waals surface area contributed by atoms with Gasteiger partial charge < -0.3 is 14.8 Å². The van der Waals surface area contributed by atoms with Crippen molar-refractivity contribution in [3.05, 3.63) is 46.0 Å². The lowest BCUT2D eigenvalue weighted by Crippen LogP contribution is -2.49. The number of H-pyrrole nitrogens is 1. The van der Waals surface area contributed by atoms with Crippen molar-refractivity contribution in [3.8, 4) is 0 Å². The van der Waals surface area contributed by atoms with Gasteiger partial charge in [-0.2, -0.15) is 0 Å². The van der Waals surface area contributed by atoms with Crippen LogP contribution in [0.15, 0.2) is 23.5 Å². The van der Waals surface area contributed by atoms with Gasteiger partial charge in [0.2, 0.25) is 0 Å². The average Bonchev–Trinajstić information content (AvgIpc) is 2.58. The highest BCUT2D eigenvalue weighted by atomic mass is 16.2. The number of piperazine rings is 1. The highest BCUT2D eigenvalue weighted by molar-refractivity contribution is 5.92. The minimum absolute atomic E-state index is 0.170. The first kappa shape index (κ1) is 15.1. The Kier molecular flexibility index (Phi) is 4.05. The Balaban J connectivity index is 1.68. The Hall–Kier alpha value is -2.77. The van der Waals surface area contributed by atoms with Gasteiger partial charge in [-0.05, 0) is 13.8 Å². The van der Waals surface area contributed by atoms with Gasteiger partial charge in [-0.15, -0.1) is 0 Å². The maximum absolute atomic E-state index is 12.4. The third kappa shape index (κ3) is 3.05. The van der Waals surface area contributed by atoms with Gasteiger partial charge in [-0.25, -0.2) is 15.0 Å². The lowest BCUT2D eigenvalue weighted by Gasteiger charge is -2.35. The summed E-state index contributed by atoms with van der Waals surface area (Å²) in [6, 6.07) is 0. The summed E-state index contributed by atoms with van der Waals surface area (Å²) in [6.07, 6.45) is 4.05. The molecule has 0 spiro atoms. The van der Waals surface area contributed by atoms with Crippen LogP contribution in [0.2, 0.25) is 0 Å². The van der Waals surface area contributed by atoms with Crippen LogP contribution in [-0.2, 0) is 0 Å². The van der Waals surface area contributed by atoms with Crippen molar-refractivity contribution < 1.29 is 4.79 Å². The molecule has 0 radical (unpaired) electrons. The second kappa shape index (κ2) is 6.15.